The molecule has 1 aliphatic rings. The zero-order chi connectivity index (χ0) is 8.27. The van der Waals surface area contributed by atoms with Crippen molar-refractivity contribution in [2.75, 3.05) is 0 Å². The van der Waals surface area contributed by atoms with Crippen LogP contribution >= 0.6 is 0 Å². The van der Waals surface area contributed by atoms with Gasteiger partial charge in [-0.2, -0.15) is 0 Å². The lowest BCUT2D eigenvalue weighted by Gasteiger charge is -2.15. The van der Waals surface area contributed by atoms with Crippen molar-refractivity contribution in [1.29, 1.82) is 0 Å². The number of amides is 1. The molecule has 0 bridgehead atoms. The molecule has 0 saturated carbocycles. The van der Waals surface area contributed by atoms with E-state index in [-0.39, 0.29) is 5.91 Å². The van der Waals surface area contributed by atoms with E-state index in [0.717, 1.165) is 12.8 Å². The van der Waals surface area contributed by atoms with E-state index in [0.29, 0.717) is 12.0 Å². The van der Waals surface area contributed by atoms with Crippen LogP contribution in [-0.2, 0) is 4.79 Å². The maximum atomic E-state index is 11.0. The summed E-state index contributed by atoms with van der Waals surface area (Å²) >= 11 is 0. The highest BCUT2D eigenvalue weighted by Gasteiger charge is 2.29. The molecule has 0 aromatic rings. The number of carbonyl (C=O) groups is 1. The van der Waals surface area contributed by atoms with E-state index in [1.54, 1.807) is 0 Å². The van der Waals surface area contributed by atoms with Gasteiger partial charge in [-0.25, -0.2) is 0 Å². The van der Waals surface area contributed by atoms with Gasteiger partial charge < -0.3 is 5.32 Å². The Morgan fingerprint density at radius 2 is 2.27 bits per heavy atom. The minimum absolute atomic E-state index is 0.246. The van der Waals surface area contributed by atoms with E-state index in [1.807, 2.05) is 0 Å². The molecule has 1 aliphatic heterocycles. The van der Waals surface area contributed by atoms with Crippen molar-refractivity contribution >= 4 is 5.91 Å². The number of hydrogen-bond acceptors (Lipinski definition) is 1. The van der Waals surface area contributed by atoms with Gasteiger partial charge in [0.1, 0.15) is 0 Å². The van der Waals surface area contributed by atoms with Crippen molar-refractivity contribution in [1.82, 2.24) is 5.32 Å². The monoisotopic (exact) mass is 155 g/mol. The molecular weight excluding hydrogens is 138 g/mol. The fourth-order valence-corrected chi connectivity index (χ4v) is 1.87. The van der Waals surface area contributed by atoms with E-state index < -0.39 is 0 Å². The fraction of sp³-hybridized carbons (Fsp3) is 0.889. The van der Waals surface area contributed by atoms with Crippen molar-refractivity contribution in [3.8, 4) is 0 Å². The van der Waals surface area contributed by atoms with Crippen LogP contribution in [0.4, 0.5) is 0 Å². The molecule has 0 aromatic heterocycles. The molecule has 1 fully saturated rings. The Labute approximate surface area is 68.4 Å². The standard InChI is InChI=1S/C9H17NO/c1-3-5-7-6-9(11)10-8(7)4-2/h7-8H,3-6H2,1-2H3,(H,10,11). The second-order valence-electron chi connectivity index (χ2n) is 3.34. The minimum atomic E-state index is 0.246. The highest BCUT2D eigenvalue weighted by Crippen LogP contribution is 2.23. The Kier molecular flexibility index (Phi) is 2.92. The summed E-state index contributed by atoms with van der Waals surface area (Å²) in [6.07, 6.45) is 4.22. The summed E-state index contributed by atoms with van der Waals surface area (Å²) in [6, 6.07) is 0.461. The molecule has 11 heavy (non-hydrogen) atoms. The molecule has 1 saturated heterocycles. The van der Waals surface area contributed by atoms with Crippen LogP contribution in [-0.4, -0.2) is 11.9 Å². The van der Waals surface area contributed by atoms with Crippen LogP contribution in [0.2, 0.25) is 0 Å². The van der Waals surface area contributed by atoms with Crippen LogP contribution in [0.5, 0.6) is 0 Å². The Hall–Kier alpha value is -0.530. The molecular formula is C9H17NO. The van der Waals surface area contributed by atoms with Gasteiger partial charge in [0, 0.05) is 12.5 Å². The van der Waals surface area contributed by atoms with Gasteiger partial charge in [0.2, 0.25) is 5.91 Å². The van der Waals surface area contributed by atoms with Crippen molar-refractivity contribution in [3.05, 3.63) is 0 Å². The van der Waals surface area contributed by atoms with E-state index in [1.165, 1.54) is 12.8 Å². The lowest BCUT2D eigenvalue weighted by molar-refractivity contribution is -0.119. The largest absolute Gasteiger partial charge is 0.353 e. The van der Waals surface area contributed by atoms with Gasteiger partial charge in [0.05, 0.1) is 0 Å². The minimum Gasteiger partial charge on any atom is -0.353 e. The molecule has 2 heteroatoms. The molecule has 2 atom stereocenters. The maximum Gasteiger partial charge on any atom is 0.220 e. The van der Waals surface area contributed by atoms with Crippen molar-refractivity contribution in [2.45, 2.75) is 45.6 Å². The van der Waals surface area contributed by atoms with Crippen LogP contribution in [0.3, 0.4) is 0 Å². The first-order valence-corrected chi connectivity index (χ1v) is 4.57. The van der Waals surface area contributed by atoms with Crippen LogP contribution in [0.1, 0.15) is 39.5 Å². The molecule has 1 N–H and O–H groups in total. The number of rotatable bonds is 3. The molecule has 0 aliphatic carbocycles. The lowest BCUT2D eigenvalue weighted by Crippen LogP contribution is -2.27. The van der Waals surface area contributed by atoms with Crippen molar-refractivity contribution in [3.63, 3.8) is 0 Å². The Bertz CT molecular complexity index is 144. The quantitative estimate of drug-likeness (QED) is 0.660. The third-order valence-electron chi connectivity index (χ3n) is 2.46. The third kappa shape index (κ3) is 1.95. The van der Waals surface area contributed by atoms with Gasteiger partial charge in [0.15, 0.2) is 0 Å². The number of nitrogens with one attached hydrogen (secondary N) is 1. The topological polar surface area (TPSA) is 29.1 Å². The maximum absolute atomic E-state index is 11.0. The normalized spacial score (nSPS) is 30.5. The van der Waals surface area contributed by atoms with Crippen molar-refractivity contribution < 1.29 is 4.79 Å². The van der Waals surface area contributed by atoms with Gasteiger partial charge in [0.25, 0.3) is 0 Å². The SMILES string of the molecule is CCCC1CC(=O)NC1CC. The summed E-state index contributed by atoms with van der Waals surface area (Å²) in [5, 5.41) is 3.00. The van der Waals surface area contributed by atoms with Crippen LogP contribution < -0.4 is 5.32 Å². The number of carbonyl (C=O) groups excluding carboxylic acids is 1. The predicted octanol–water partition coefficient (Wildman–Crippen LogP) is 1.70. The average molecular weight is 155 g/mol. The van der Waals surface area contributed by atoms with E-state index in [4.69, 9.17) is 0 Å². The van der Waals surface area contributed by atoms with E-state index >= 15 is 0 Å². The Balaban J connectivity index is 2.43. The van der Waals surface area contributed by atoms with Crippen LogP contribution in [0.15, 0.2) is 0 Å². The van der Waals surface area contributed by atoms with Crippen LogP contribution in [0.25, 0.3) is 0 Å². The summed E-state index contributed by atoms with van der Waals surface area (Å²) in [5.74, 6) is 0.854. The zero-order valence-electron chi connectivity index (χ0n) is 7.39. The first-order chi connectivity index (χ1) is 5.27. The Morgan fingerprint density at radius 1 is 1.55 bits per heavy atom. The third-order valence-corrected chi connectivity index (χ3v) is 2.46. The summed E-state index contributed by atoms with van der Waals surface area (Å²) in [4.78, 5) is 11.0. The molecule has 2 nitrogen and oxygen atoms in total. The summed E-state index contributed by atoms with van der Waals surface area (Å²) in [6.45, 7) is 4.31. The zero-order valence-corrected chi connectivity index (χ0v) is 7.39. The van der Waals surface area contributed by atoms with Gasteiger partial charge in [-0.15, -0.1) is 0 Å². The molecule has 0 aromatic carbocycles. The number of hydrogen-bond donors (Lipinski definition) is 1. The Morgan fingerprint density at radius 3 is 2.82 bits per heavy atom. The van der Waals surface area contributed by atoms with E-state index in [2.05, 4.69) is 19.2 Å². The highest BCUT2D eigenvalue weighted by molar-refractivity contribution is 5.78. The molecule has 0 spiro atoms. The molecule has 64 valence electrons. The smallest absolute Gasteiger partial charge is 0.220 e. The second-order valence-corrected chi connectivity index (χ2v) is 3.34. The highest BCUT2D eigenvalue weighted by atomic mass is 16.1. The van der Waals surface area contributed by atoms with Crippen molar-refractivity contribution in [2.24, 2.45) is 5.92 Å². The van der Waals surface area contributed by atoms with E-state index in [9.17, 15) is 4.79 Å². The van der Waals surface area contributed by atoms with Gasteiger partial charge >= 0.3 is 0 Å². The van der Waals surface area contributed by atoms with Crippen LogP contribution in [0, 0.1) is 5.92 Å². The second kappa shape index (κ2) is 3.74. The summed E-state index contributed by atoms with van der Waals surface area (Å²) in [7, 11) is 0. The lowest BCUT2D eigenvalue weighted by atomic mass is 9.94. The average Bonchev–Trinajstić information content (AvgIpc) is 2.32. The summed E-state index contributed by atoms with van der Waals surface area (Å²) in [5.41, 5.74) is 0. The molecule has 0 radical (unpaired) electrons. The summed E-state index contributed by atoms with van der Waals surface area (Å²) < 4.78 is 0. The van der Waals surface area contributed by atoms with Gasteiger partial charge in [-0.3, -0.25) is 4.79 Å². The first kappa shape index (κ1) is 8.57. The molecule has 1 amide bonds. The molecule has 2 unspecified atom stereocenters. The fourth-order valence-electron chi connectivity index (χ4n) is 1.87. The molecule has 1 rings (SSSR count). The first-order valence-electron chi connectivity index (χ1n) is 4.57. The molecule has 1 heterocycles. The van der Waals surface area contributed by atoms with Gasteiger partial charge in [-0.05, 0) is 18.8 Å². The predicted molar refractivity (Wildman–Crippen MR) is 45.2 cm³/mol. The van der Waals surface area contributed by atoms with Gasteiger partial charge in [-0.1, -0.05) is 20.3 Å².